The molecule has 0 saturated carbocycles. The molecular formula is C29H39F2N11O2. The molecule has 44 heavy (non-hydrogen) atoms. The summed E-state index contributed by atoms with van der Waals surface area (Å²) < 4.78 is 32.1. The molecule has 3 aromatic rings. The SMILES string of the molecule is COc1ccccc1CCNc1cc(N2CCC(F)(F)C2)nc(N)n1.NC(=O)[C@H]1CCN(c2nc(N)nc3c2CCCN3)C1. The minimum atomic E-state index is -2.68. The third-order valence-electron chi connectivity index (χ3n) is 7.91. The van der Waals surface area contributed by atoms with Gasteiger partial charge in [-0.1, -0.05) is 18.2 Å². The second-order valence-electron chi connectivity index (χ2n) is 11.1. The number of para-hydroxylation sites is 1. The van der Waals surface area contributed by atoms with Gasteiger partial charge in [0.2, 0.25) is 17.8 Å². The molecule has 1 atom stereocenters. The number of nitrogens with two attached hydrogens (primary N) is 3. The lowest BCUT2D eigenvalue weighted by Crippen LogP contribution is -2.29. The molecule has 5 heterocycles. The molecule has 0 spiro atoms. The van der Waals surface area contributed by atoms with Crippen molar-refractivity contribution in [1.82, 2.24) is 19.9 Å². The summed E-state index contributed by atoms with van der Waals surface area (Å²) >= 11 is 0. The highest BCUT2D eigenvalue weighted by Crippen LogP contribution is 2.33. The first kappa shape index (κ1) is 30.8. The zero-order chi connectivity index (χ0) is 31.3. The topological polar surface area (TPSA) is 186 Å². The van der Waals surface area contributed by atoms with Crippen LogP contribution in [-0.2, 0) is 17.6 Å². The van der Waals surface area contributed by atoms with Crippen LogP contribution in [0.25, 0.3) is 0 Å². The maximum atomic E-state index is 13.4. The maximum absolute atomic E-state index is 13.4. The molecule has 0 unspecified atom stereocenters. The Morgan fingerprint density at radius 3 is 2.66 bits per heavy atom. The van der Waals surface area contributed by atoms with Crippen LogP contribution in [0.4, 0.5) is 43.9 Å². The third kappa shape index (κ3) is 7.44. The number of nitrogen functional groups attached to an aromatic ring is 2. The molecule has 6 rings (SSSR count). The first-order valence-corrected chi connectivity index (χ1v) is 14.7. The molecule has 0 bridgehead atoms. The Morgan fingerprint density at radius 1 is 1.14 bits per heavy atom. The van der Waals surface area contributed by atoms with Crippen LogP contribution in [0.1, 0.15) is 30.4 Å². The number of carbonyl (C=O) groups excluding carboxylic acids is 1. The van der Waals surface area contributed by atoms with Gasteiger partial charge in [-0.05, 0) is 37.3 Å². The summed E-state index contributed by atoms with van der Waals surface area (Å²) in [4.78, 5) is 31.7. The van der Waals surface area contributed by atoms with Gasteiger partial charge in [0.15, 0.2) is 0 Å². The summed E-state index contributed by atoms with van der Waals surface area (Å²) in [6.07, 6.45) is 3.33. The van der Waals surface area contributed by atoms with Gasteiger partial charge in [0.25, 0.3) is 5.92 Å². The van der Waals surface area contributed by atoms with E-state index >= 15 is 0 Å². The molecule has 13 nitrogen and oxygen atoms in total. The minimum Gasteiger partial charge on any atom is -0.496 e. The molecule has 3 aliphatic rings. The number of primary amides is 1. The van der Waals surface area contributed by atoms with Gasteiger partial charge in [-0.15, -0.1) is 0 Å². The number of aromatic nitrogens is 4. The van der Waals surface area contributed by atoms with Gasteiger partial charge in [0, 0.05) is 50.8 Å². The van der Waals surface area contributed by atoms with Crippen LogP contribution >= 0.6 is 0 Å². The van der Waals surface area contributed by atoms with E-state index in [2.05, 4.69) is 35.5 Å². The van der Waals surface area contributed by atoms with Crippen molar-refractivity contribution >= 4 is 41.1 Å². The second kappa shape index (κ2) is 13.3. The lowest BCUT2D eigenvalue weighted by atomic mass is 10.1. The molecular weight excluding hydrogens is 572 g/mol. The van der Waals surface area contributed by atoms with Crippen molar-refractivity contribution in [3.05, 3.63) is 41.5 Å². The van der Waals surface area contributed by atoms with E-state index in [-0.39, 0.29) is 43.2 Å². The highest BCUT2D eigenvalue weighted by Gasteiger charge is 2.39. The summed E-state index contributed by atoms with van der Waals surface area (Å²) in [6.45, 7) is 2.84. The number of amides is 1. The number of anilines is 6. The zero-order valence-electron chi connectivity index (χ0n) is 24.7. The summed E-state index contributed by atoms with van der Waals surface area (Å²) in [6, 6.07) is 9.42. The van der Waals surface area contributed by atoms with Crippen molar-refractivity contribution in [2.45, 2.75) is 38.0 Å². The first-order valence-electron chi connectivity index (χ1n) is 14.7. The Labute approximate surface area is 254 Å². The number of nitrogens with one attached hydrogen (secondary N) is 2. The van der Waals surface area contributed by atoms with Crippen LogP contribution in [0.3, 0.4) is 0 Å². The molecule has 1 amide bonds. The Kier molecular flexibility index (Phi) is 9.30. The van der Waals surface area contributed by atoms with Gasteiger partial charge in [0.05, 0.1) is 19.6 Å². The summed E-state index contributed by atoms with van der Waals surface area (Å²) in [7, 11) is 1.63. The number of nitrogens with zero attached hydrogens (tertiary/aromatic N) is 6. The molecule has 2 fully saturated rings. The van der Waals surface area contributed by atoms with E-state index in [0.29, 0.717) is 24.7 Å². The number of halogens is 2. The minimum absolute atomic E-state index is 0.0625. The standard InChI is InChI=1S/C17H21F2N5O.C12H18N6O/c1-25-13-5-3-2-4-12(13)6-8-21-14-10-15(23-16(20)22-14)24-9-7-17(18,19)11-24;13-9(19)7-3-5-18(6-7)11-8-2-1-4-15-10(8)16-12(14)17-11/h2-5,10H,6-9,11H2,1H3,(H3,20,21,22,23);7H,1-6H2,(H2,13,19)(H3,14,15,16,17)/t;7-/m.0/s1. The summed E-state index contributed by atoms with van der Waals surface area (Å²) in [5, 5.41) is 6.42. The number of rotatable bonds is 8. The van der Waals surface area contributed by atoms with E-state index in [1.807, 2.05) is 24.3 Å². The fourth-order valence-electron chi connectivity index (χ4n) is 5.66. The smallest absolute Gasteiger partial charge is 0.266 e. The van der Waals surface area contributed by atoms with E-state index in [1.165, 1.54) is 4.90 Å². The van der Waals surface area contributed by atoms with Gasteiger partial charge < -0.3 is 42.4 Å². The summed E-state index contributed by atoms with van der Waals surface area (Å²) in [5.41, 5.74) is 19.0. The number of carbonyl (C=O) groups is 1. The largest absolute Gasteiger partial charge is 0.496 e. The number of methoxy groups -OCH3 is 1. The number of hydrogen-bond acceptors (Lipinski definition) is 12. The van der Waals surface area contributed by atoms with Gasteiger partial charge in [-0.25, -0.2) is 8.78 Å². The molecule has 2 aromatic heterocycles. The van der Waals surface area contributed by atoms with E-state index < -0.39 is 5.92 Å². The van der Waals surface area contributed by atoms with E-state index in [0.717, 1.165) is 67.3 Å². The summed E-state index contributed by atoms with van der Waals surface area (Å²) in [5.74, 6) is 0.772. The van der Waals surface area contributed by atoms with Crippen molar-refractivity contribution in [3.8, 4) is 5.75 Å². The number of fused-ring (bicyclic) bond motifs is 1. The van der Waals surface area contributed by atoms with Crippen LogP contribution in [0, 0.1) is 5.92 Å². The Balaban J connectivity index is 0.000000181. The van der Waals surface area contributed by atoms with Crippen molar-refractivity contribution in [2.24, 2.45) is 11.7 Å². The predicted octanol–water partition coefficient (Wildman–Crippen LogP) is 2.30. The van der Waals surface area contributed by atoms with Crippen molar-refractivity contribution < 1.29 is 18.3 Å². The molecule has 0 radical (unpaired) electrons. The van der Waals surface area contributed by atoms with E-state index in [1.54, 1.807) is 13.2 Å². The lowest BCUT2D eigenvalue weighted by molar-refractivity contribution is -0.121. The molecule has 2 saturated heterocycles. The Morgan fingerprint density at radius 2 is 1.93 bits per heavy atom. The van der Waals surface area contributed by atoms with Gasteiger partial charge in [0.1, 0.15) is 29.0 Å². The average Bonchev–Trinajstić information content (AvgIpc) is 3.64. The monoisotopic (exact) mass is 611 g/mol. The van der Waals surface area contributed by atoms with E-state index in [9.17, 15) is 13.6 Å². The fourth-order valence-corrected chi connectivity index (χ4v) is 5.66. The van der Waals surface area contributed by atoms with Crippen LogP contribution in [0.5, 0.6) is 5.75 Å². The van der Waals surface area contributed by atoms with Crippen molar-refractivity contribution in [1.29, 1.82) is 0 Å². The number of hydrogen-bond donors (Lipinski definition) is 5. The van der Waals surface area contributed by atoms with Crippen molar-refractivity contribution in [2.75, 3.05) is 78.3 Å². The van der Waals surface area contributed by atoms with Crippen LogP contribution in [-0.4, -0.2) is 78.1 Å². The second-order valence-corrected chi connectivity index (χ2v) is 11.1. The highest BCUT2D eigenvalue weighted by atomic mass is 19.3. The molecule has 236 valence electrons. The average molecular weight is 612 g/mol. The molecule has 3 aliphatic heterocycles. The maximum Gasteiger partial charge on any atom is 0.266 e. The lowest BCUT2D eigenvalue weighted by Gasteiger charge is -2.25. The Bertz CT molecular complexity index is 1480. The van der Waals surface area contributed by atoms with Crippen LogP contribution in [0.15, 0.2) is 30.3 Å². The zero-order valence-corrected chi connectivity index (χ0v) is 24.7. The quantitative estimate of drug-likeness (QED) is 0.251. The highest BCUT2D eigenvalue weighted by molar-refractivity contribution is 5.78. The fraction of sp³-hybridized carbons (Fsp3) is 0.483. The van der Waals surface area contributed by atoms with Crippen LogP contribution < -0.4 is 42.4 Å². The van der Waals surface area contributed by atoms with Gasteiger partial charge in [-0.3, -0.25) is 4.79 Å². The number of alkyl halides is 2. The molecule has 8 N–H and O–H groups in total. The molecule has 0 aliphatic carbocycles. The first-order chi connectivity index (χ1) is 21.1. The normalized spacial score (nSPS) is 18.6. The van der Waals surface area contributed by atoms with Gasteiger partial charge >= 0.3 is 0 Å². The third-order valence-corrected chi connectivity index (χ3v) is 7.91. The van der Waals surface area contributed by atoms with Crippen LogP contribution in [0.2, 0.25) is 0 Å². The number of benzene rings is 1. The predicted molar refractivity (Wildman–Crippen MR) is 166 cm³/mol. The Hall–Kier alpha value is -4.69. The molecule has 1 aromatic carbocycles. The van der Waals surface area contributed by atoms with Gasteiger partial charge in [-0.2, -0.15) is 19.9 Å². The number of ether oxygens (including phenoxy) is 1. The van der Waals surface area contributed by atoms with Crippen molar-refractivity contribution in [3.63, 3.8) is 0 Å². The van der Waals surface area contributed by atoms with E-state index in [4.69, 9.17) is 21.9 Å². The molecule has 15 heteroatoms.